The van der Waals surface area contributed by atoms with Crippen LogP contribution in [0.1, 0.15) is 25.3 Å². The lowest BCUT2D eigenvalue weighted by Crippen LogP contribution is -2.18. The first kappa shape index (κ1) is 17.7. The molecule has 1 N–H and O–H groups in total. The summed E-state index contributed by atoms with van der Waals surface area (Å²) in [6.07, 6.45) is 3.06. The first-order valence-electron chi connectivity index (χ1n) is 8.88. The molecule has 0 aliphatic heterocycles. The summed E-state index contributed by atoms with van der Waals surface area (Å²) in [5, 5.41) is 2.88. The molecule has 0 bridgehead atoms. The number of rotatable bonds is 7. The summed E-state index contributed by atoms with van der Waals surface area (Å²) >= 11 is 0. The second-order valence-corrected chi connectivity index (χ2v) is 6.11. The van der Waals surface area contributed by atoms with E-state index in [-0.39, 0.29) is 5.91 Å². The number of nitrogens with one attached hydrogen (secondary N) is 1. The first-order valence-corrected chi connectivity index (χ1v) is 8.88. The lowest BCUT2D eigenvalue weighted by molar-refractivity contribution is -0.116. The highest BCUT2D eigenvalue weighted by atomic mass is 16.1. The van der Waals surface area contributed by atoms with E-state index in [2.05, 4.69) is 39.5 Å². The van der Waals surface area contributed by atoms with E-state index in [1.807, 2.05) is 55.5 Å². The maximum atomic E-state index is 11.7. The molecule has 132 valence electrons. The van der Waals surface area contributed by atoms with E-state index in [1.54, 1.807) is 6.20 Å². The number of pyridine rings is 1. The van der Waals surface area contributed by atoms with Crippen molar-refractivity contribution in [3.05, 3.63) is 84.6 Å². The molecule has 0 aliphatic carbocycles. The van der Waals surface area contributed by atoms with E-state index in [9.17, 15) is 4.79 Å². The highest BCUT2D eigenvalue weighted by Crippen LogP contribution is 2.26. The fourth-order valence-corrected chi connectivity index (χ4v) is 2.75. The van der Waals surface area contributed by atoms with E-state index >= 15 is 0 Å². The minimum absolute atomic E-state index is 0.0197. The zero-order chi connectivity index (χ0) is 18.2. The normalized spacial score (nSPS) is 10.3. The molecule has 1 amide bonds. The van der Waals surface area contributed by atoms with Gasteiger partial charge in [-0.1, -0.05) is 55.5 Å². The smallest absolute Gasteiger partial charge is 0.224 e. The Bertz CT molecular complexity index is 817. The number of carbonyl (C=O) groups excluding carboxylic acids is 1. The molecule has 0 atom stereocenters. The topological polar surface area (TPSA) is 45.2 Å². The standard InChI is InChI=1S/C22H23N3O/c1-2-9-22(26)24-19-14-15-21(23-16-19)25(20-12-7-4-8-13-20)17-18-10-5-3-6-11-18/h3-8,10-16H,2,9,17H2,1H3,(H,24,26). The Hall–Kier alpha value is -3.14. The van der Waals surface area contributed by atoms with E-state index < -0.39 is 0 Å². The van der Waals surface area contributed by atoms with Crippen LogP contribution in [0.3, 0.4) is 0 Å². The van der Waals surface area contributed by atoms with Crippen LogP contribution in [0.25, 0.3) is 0 Å². The van der Waals surface area contributed by atoms with Gasteiger partial charge in [-0.25, -0.2) is 4.98 Å². The number of nitrogens with zero attached hydrogens (tertiary/aromatic N) is 2. The van der Waals surface area contributed by atoms with Gasteiger partial charge >= 0.3 is 0 Å². The molecule has 2 aromatic carbocycles. The number of hydrogen-bond donors (Lipinski definition) is 1. The molecule has 0 unspecified atom stereocenters. The van der Waals surface area contributed by atoms with Crippen molar-refractivity contribution < 1.29 is 4.79 Å². The van der Waals surface area contributed by atoms with Gasteiger partial charge in [-0.05, 0) is 36.2 Å². The summed E-state index contributed by atoms with van der Waals surface area (Å²) in [5.41, 5.74) is 3.00. The molecule has 26 heavy (non-hydrogen) atoms. The van der Waals surface area contributed by atoms with Crippen LogP contribution in [0, 0.1) is 0 Å². The predicted molar refractivity (Wildman–Crippen MR) is 107 cm³/mol. The summed E-state index contributed by atoms with van der Waals surface area (Å²) in [6.45, 7) is 2.71. The van der Waals surface area contributed by atoms with Crippen molar-refractivity contribution in [2.75, 3.05) is 10.2 Å². The Balaban J connectivity index is 1.83. The largest absolute Gasteiger partial charge is 0.325 e. The molecular weight excluding hydrogens is 322 g/mol. The Morgan fingerprint density at radius 1 is 0.962 bits per heavy atom. The van der Waals surface area contributed by atoms with Crippen molar-refractivity contribution in [1.29, 1.82) is 0 Å². The van der Waals surface area contributed by atoms with Gasteiger partial charge in [0.05, 0.1) is 11.9 Å². The highest BCUT2D eigenvalue weighted by Gasteiger charge is 2.11. The molecule has 1 aromatic heterocycles. The van der Waals surface area contributed by atoms with Gasteiger partial charge in [0, 0.05) is 18.7 Å². The average molecular weight is 345 g/mol. The number of hydrogen-bond acceptors (Lipinski definition) is 3. The number of carbonyl (C=O) groups is 1. The Morgan fingerprint density at radius 3 is 2.27 bits per heavy atom. The van der Waals surface area contributed by atoms with E-state index in [0.717, 1.165) is 30.2 Å². The zero-order valence-electron chi connectivity index (χ0n) is 14.9. The molecule has 0 aliphatic rings. The van der Waals surface area contributed by atoms with E-state index in [1.165, 1.54) is 5.56 Å². The van der Waals surface area contributed by atoms with Crippen LogP contribution in [0.15, 0.2) is 79.0 Å². The van der Waals surface area contributed by atoms with Crippen molar-refractivity contribution in [3.8, 4) is 0 Å². The van der Waals surface area contributed by atoms with Gasteiger partial charge in [-0.3, -0.25) is 4.79 Å². The second kappa shape index (κ2) is 8.81. The van der Waals surface area contributed by atoms with Crippen LogP contribution >= 0.6 is 0 Å². The van der Waals surface area contributed by atoms with Crippen LogP contribution < -0.4 is 10.2 Å². The molecular formula is C22H23N3O. The van der Waals surface area contributed by atoms with Crippen molar-refractivity contribution in [1.82, 2.24) is 4.98 Å². The summed E-state index contributed by atoms with van der Waals surface area (Å²) in [4.78, 5) is 18.5. The average Bonchev–Trinajstić information content (AvgIpc) is 2.69. The molecule has 1 heterocycles. The van der Waals surface area contributed by atoms with Gasteiger partial charge in [0.25, 0.3) is 0 Å². The third kappa shape index (κ3) is 4.70. The Morgan fingerprint density at radius 2 is 1.65 bits per heavy atom. The number of aromatic nitrogens is 1. The minimum atomic E-state index is 0.0197. The molecule has 0 radical (unpaired) electrons. The molecule has 0 saturated heterocycles. The van der Waals surface area contributed by atoms with Gasteiger partial charge in [0.2, 0.25) is 5.91 Å². The fraction of sp³-hybridized carbons (Fsp3) is 0.182. The third-order valence-electron chi connectivity index (χ3n) is 4.04. The van der Waals surface area contributed by atoms with Crippen molar-refractivity contribution >= 4 is 23.1 Å². The fourth-order valence-electron chi connectivity index (χ4n) is 2.75. The molecule has 0 spiro atoms. The molecule has 4 heteroatoms. The quantitative estimate of drug-likeness (QED) is 0.643. The van der Waals surface area contributed by atoms with Crippen LogP contribution in [0.5, 0.6) is 0 Å². The van der Waals surface area contributed by atoms with E-state index in [0.29, 0.717) is 6.42 Å². The molecule has 4 nitrogen and oxygen atoms in total. The highest BCUT2D eigenvalue weighted by molar-refractivity contribution is 5.90. The van der Waals surface area contributed by atoms with Gasteiger partial charge in [-0.15, -0.1) is 0 Å². The molecule has 0 saturated carbocycles. The Kier molecular flexibility index (Phi) is 5.99. The van der Waals surface area contributed by atoms with Crippen LogP contribution in [-0.2, 0) is 11.3 Å². The molecule has 3 aromatic rings. The van der Waals surface area contributed by atoms with Gasteiger partial charge in [0.15, 0.2) is 0 Å². The molecule has 3 rings (SSSR count). The summed E-state index contributed by atoms with van der Waals surface area (Å²) in [5.74, 6) is 0.861. The lowest BCUT2D eigenvalue weighted by atomic mass is 10.2. The monoisotopic (exact) mass is 345 g/mol. The SMILES string of the molecule is CCCC(=O)Nc1ccc(N(Cc2ccccc2)c2ccccc2)nc1. The van der Waals surface area contributed by atoms with E-state index in [4.69, 9.17) is 0 Å². The van der Waals surface area contributed by atoms with Crippen LogP contribution in [0.2, 0.25) is 0 Å². The summed E-state index contributed by atoms with van der Waals surface area (Å²) in [6, 6.07) is 24.3. The van der Waals surface area contributed by atoms with Gasteiger partial charge in [0.1, 0.15) is 5.82 Å². The van der Waals surface area contributed by atoms with Gasteiger partial charge < -0.3 is 10.2 Å². The lowest BCUT2D eigenvalue weighted by Gasteiger charge is -2.24. The van der Waals surface area contributed by atoms with Crippen molar-refractivity contribution in [3.63, 3.8) is 0 Å². The second-order valence-electron chi connectivity index (χ2n) is 6.11. The number of anilines is 3. The maximum absolute atomic E-state index is 11.7. The predicted octanol–water partition coefficient (Wildman–Crippen LogP) is 5.16. The van der Waals surface area contributed by atoms with Gasteiger partial charge in [-0.2, -0.15) is 0 Å². The summed E-state index contributed by atoms with van der Waals surface area (Å²) in [7, 11) is 0. The minimum Gasteiger partial charge on any atom is -0.325 e. The number of amides is 1. The first-order chi connectivity index (χ1) is 12.8. The number of para-hydroxylation sites is 1. The Labute approximate surface area is 154 Å². The van der Waals surface area contributed by atoms with Crippen LogP contribution in [0.4, 0.5) is 17.2 Å². The van der Waals surface area contributed by atoms with Crippen LogP contribution in [-0.4, -0.2) is 10.9 Å². The third-order valence-corrected chi connectivity index (χ3v) is 4.04. The maximum Gasteiger partial charge on any atom is 0.224 e. The number of benzene rings is 2. The van der Waals surface area contributed by atoms with Crippen molar-refractivity contribution in [2.24, 2.45) is 0 Å². The van der Waals surface area contributed by atoms with Crippen molar-refractivity contribution in [2.45, 2.75) is 26.3 Å². The zero-order valence-corrected chi connectivity index (χ0v) is 14.9. The summed E-state index contributed by atoms with van der Waals surface area (Å²) < 4.78 is 0. The molecule has 0 fully saturated rings.